The Bertz CT molecular complexity index is 1390. The zero-order valence-electron chi connectivity index (χ0n) is 22.6. The van der Waals surface area contributed by atoms with Crippen LogP contribution in [0.4, 0.5) is 0 Å². The Morgan fingerprint density at radius 1 is 0.927 bits per heavy atom. The zero-order chi connectivity index (χ0) is 29.8. The smallest absolute Gasteiger partial charge is 0.343 e. The molecular weight excluding hydrogens is 573 g/mol. The minimum atomic E-state index is -0.962. The first kappa shape index (κ1) is 31.3. The Morgan fingerprint density at radius 3 is 2.34 bits per heavy atom. The molecule has 10 nitrogen and oxygen atoms in total. The van der Waals surface area contributed by atoms with Gasteiger partial charge in [-0.05, 0) is 54.4 Å². The van der Waals surface area contributed by atoms with E-state index in [0.717, 1.165) is 5.56 Å². The van der Waals surface area contributed by atoms with Gasteiger partial charge in [-0.25, -0.2) is 10.2 Å². The number of carbonyl (C=O) groups is 3. The molecule has 0 aliphatic rings. The number of rotatable bonds is 13. The molecule has 3 rings (SSSR count). The van der Waals surface area contributed by atoms with Gasteiger partial charge in [-0.3, -0.25) is 9.59 Å². The molecule has 0 radical (unpaired) electrons. The summed E-state index contributed by atoms with van der Waals surface area (Å²) in [5.41, 5.74) is 3.88. The average molecular weight is 602 g/mol. The highest BCUT2D eigenvalue weighted by atomic mass is 35.5. The van der Waals surface area contributed by atoms with Crippen LogP contribution in [0.25, 0.3) is 0 Å². The molecule has 41 heavy (non-hydrogen) atoms. The standard InChI is InChI=1S/C29H29Cl2N3O7/c1-18(41-24-12-10-21(30)15-22(24)31)28(36)33-23(13-19-7-5-4-6-8-19)29(37)34-32-16-20-9-11-25(26(14-20)38-2)40-17-27(35)39-3/h4-12,14-16,18,23H,13,17H2,1-3H3,(H,33,36)(H,34,37)/b32-16-/t18-,23+/m1/s1. The van der Waals surface area contributed by atoms with Crippen LogP contribution in [-0.2, 0) is 25.5 Å². The molecule has 3 aromatic rings. The summed E-state index contributed by atoms with van der Waals surface area (Å²) in [6, 6.07) is 17.8. The number of amides is 2. The second-order valence-electron chi connectivity index (χ2n) is 8.60. The monoisotopic (exact) mass is 601 g/mol. The highest BCUT2D eigenvalue weighted by molar-refractivity contribution is 6.35. The fourth-order valence-electron chi connectivity index (χ4n) is 3.49. The van der Waals surface area contributed by atoms with E-state index >= 15 is 0 Å². The largest absolute Gasteiger partial charge is 0.493 e. The predicted octanol–water partition coefficient (Wildman–Crippen LogP) is 4.20. The number of ether oxygens (including phenoxy) is 4. The van der Waals surface area contributed by atoms with Gasteiger partial charge in [-0.15, -0.1) is 0 Å². The van der Waals surface area contributed by atoms with E-state index in [4.69, 9.17) is 37.4 Å². The summed E-state index contributed by atoms with van der Waals surface area (Å²) in [4.78, 5) is 37.4. The summed E-state index contributed by atoms with van der Waals surface area (Å²) < 4.78 is 21.0. The number of hydrazone groups is 1. The molecular formula is C29H29Cl2N3O7. The molecule has 0 unspecified atom stereocenters. The lowest BCUT2D eigenvalue weighted by Crippen LogP contribution is -2.50. The first-order valence-corrected chi connectivity index (χ1v) is 13.1. The molecule has 2 N–H and O–H groups in total. The van der Waals surface area contributed by atoms with Gasteiger partial charge in [0.05, 0.1) is 25.5 Å². The second-order valence-corrected chi connectivity index (χ2v) is 9.44. The Hall–Kier alpha value is -4.28. The molecule has 0 bridgehead atoms. The molecule has 0 aromatic heterocycles. The summed E-state index contributed by atoms with van der Waals surface area (Å²) in [6.07, 6.45) is 0.651. The molecule has 2 amide bonds. The summed E-state index contributed by atoms with van der Waals surface area (Å²) >= 11 is 12.1. The van der Waals surface area contributed by atoms with E-state index in [1.54, 1.807) is 37.3 Å². The van der Waals surface area contributed by atoms with Crippen LogP contribution < -0.4 is 25.0 Å². The SMILES string of the molecule is COC(=O)COc1ccc(/C=N\NC(=O)[C@H](Cc2ccccc2)NC(=O)[C@@H](C)Oc2ccc(Cl)cc2Cl)cc1OC. The van der Waals surface area contributed by atoms with E-state index in [0.29, 0.717) is 22.1 Å². The minimum Gasteiger partial charge on any atom is -0.493 e. The van der Waals surface area contributed by atoms with Gasteiger partial charge in [0.25, 0.3) is 11.8 Å². The lowest BCUT2D eigenvalue weighted by atomic mass is 10.1. The number of methoxy groups -OCH3 is 2. The number of hydrogen-bond donors (Lipinski definition) is 2. The fourth-order valence-corrected chi connectivity index (χ4v) is 3.94. The van der Waals surface area contributed by atoms with Crippen LogP contribution in [0.2, 0.25) is 10.0 Å². The molecule has 0 aliphatic carbocycles. The van der Waals surface area contributed by atoms with Crippen LogP contribution >= 0.6 is 23.2 Å². The van der Waals surface area contributed by atoms with Crippen LogP contribution in [0.3, 0.4) is 0 Å². The van der Waals surface area contributed by atoms with Crippen molar-refractivity contribution in [1.82, 2.24) is 10.7 Å². The number of nitrogens with zero attached hydrogens (tertiary/aromatic N) is 1. The van der Waals surface area contributed by atoms with Crippen LogP contribution in [0.5, 0.6) is 17.2 Å². The Kier molecular flexibility index (Phi) is 11.8. The average Bonchev–Trinajstić information content (AvgIpc) is 2.97. The lowest BCUT2D eigenvalue weighted by molar-refractivity contribution is -0.143. The van der Waals surface area contributed by atoms with Crippen molar-refractivity contribution in [3.63, 3.8) is 0 Å². The van der Waals surface area contributed by atoms with Crippen molar-refractivity contribution in [2.45, 2.75) is 25.5 Å². The highest BCUT2D eigenvalue weighted by Gasteiger charge is 2.25. The van der Waals surface area contributed by atoms with E-state index in [1.807, 2.05) is 30.3 Å². The van der Waals surface area contributed by atoms with Crippen molar-refractivity contribution in [3.8, 4) is 17.2 Å². The number of esters is 1. The molecule has 0 fully saturated rings. The van der Waals surface area contributed by atoms with E-state index in [1.165, 1.54) is 26.5 Å². The van der Waals surface area contributed by atoms with Crippen molar-refractivity contribution in [1.29, 1.82) is 0 Å². The predicted molar refractivity (Wildman–Crippen MR) is 155 cm³/mol. The summed E-state index contributed by atoms with van der Waals surface area (Å²) in [5, 5.41) is 7.44. The van der Waals surface area contributed by atoms with Crippen molar-refractivity contribution < 1.29 is 33.3 Å². The zero-order valence-corrected chi connectivity index (χ0v) is 24.1. The maximum absolute atomic E-state index is 13.1. The fraction of sp³-hybridized carbons (Fsp3) is 0.241. The molecule has 0 saturated carbocycles. The quantitative estimate of drug-likeness (QED) is 0.171. The van der Waals surface area contributed by atoms with Gasteiger partial charge in [0.2, 0.25) is 0 Å². The molecule has 216 valence electrons. The van der Waals surface area contributed by atoms with Crippen LogP contribution in [0.15, 0.2) is 71.8 Å². The van der Waals surface area contributed by atoms with E-state index in [-0.39, 0.29) is 23.8 Å². The maximum atomic E-state index is 13.1. The molecule has 3 aromatic carbocycles. The Balaban J connectivity index is 1.68. The number of carbonyl (C=O) groups excluding carboxylic acids is 3. The first-order chi connectivity index (χ1) is 19.7. The normalized spacial score (nSPS) is 12.2. The van der Waals surface area contributed by atoms with Gasteiger partial charge in [0.15, 0.2) is 24.2 Å². The van der Waals surface area contributed by atoms with Crippen LogP contribution in [0.1, 0.15) is 18.1 Å². The topological polar surface area (TPSA) is 125 Å². The molecule has 0 saturated heterocycles. The van der Waals surface area contributed by atoms with Crippen molar-refractivity contribution in [2.24, 2.45) is 5.10 Å². The van der Waals surface area contributed by atoms with Crippen LogP contribution in [-0.4, -0.2) is 57.0 Å². The van der Waals surface area contributed by atoms with Crippen molar-refractivity contribution in [2.75, 3.05) is 20.8 Å². The highest BCUT2D eigenvalue weighted by Crippen LogP contribution is 2.29. The number of nitrogens with one attached hydrogen (secondary N) is 2. The van der Waals surface area contributed by atoms with Gasteiger partial charge in [0, 0.05) is 11.4 Å². The summed E-state index contributed by atoms with van der Waals surface area (Å²) in [6.45, 7) is 1.27. The second kappa shape index (κ2) is 15.5. The number of benzene rings is 3. The molecule has 0 heterocycles. The Labute approximate surface area is 247 Å². The third-order valence-electron chi connectivity index (χ3n) is 5.63. The van der Waals surface area contributed by atoms with Gasteiger partial charge in [-0.2, -0.15) is 5.10 Å². The third kappa shape index (κ3) is 9.70. The first-order valence-electron chi connectivity index (χ1n) is 12.4. The minimum absolute atomic E-state index is 0.211. The number of hydrogen-bond acceptors (Lipinski definition) is 8. The molecule has 0 aliphatic heterocycles. The van der Waals surface area contributed by atoms with Crippen molar-refractivity contribution in [3.05, 3.63) is 87.9 Å². The maximum Gasteiger partial charge on any atom is 0.343 e. The summed E-state index contributed by atoms with van der Waals surface area (Å²) in [7, 11) is 2.71. The Morgan fingerprint density at radius 2 is 1.66 bits per heavy atom. The lowest BCUT2D eigenvalue weighted by Gasteiger charge is -2.21. The van der Waals surface area contributed by atoms with E-state index in [2.05, 4.69) is 20.6 Å². The third-order valence-corrected chi connectivity index (χ3v) is 6.16. The van der Waals surface area contributed by atoms with Gasteiger partial charge >= 0.3 is 5.97 Å². The van der Waals surface area contributed by atoms with Gasteiger partial charge in [-0.1, -0.05) is 53.5 Å². The van der Waals surface area contributed by atoms with E-state index in [9.17, 15) is 14.4 Å². The molecule has 2 atom stereocenters. The van der Waals surface area contributed by atoms with E-state index < -0.39 is 29.9 Å². The number of halogens is 2. The molecule has 0 spiro atoms. The molecule has 12 heteroatoms. The van der Waals surface area contributed by atoms with Crippen molar-refractivity contribution >= 4 is 47.2 Å². The summed E-state index contributed by atoms with van der Waals surface area (Å²) in [5.74, 6) is -0.630. The van der Waals surface area contributed by atoms with Gasteiger partial charge < -0.3 is 24.3 Å². The van der Waals surface area contributed by atoms with Crippen LogP contribution in [0, 0.1) is 0 Å². The van der Waals surface area contributed by atoms with Gasteiger partial charge in [0.1, 0.15) is 11.8 Å².